The molecule has 1 fully saturated rings. The van der Waals surface area contributed by atoms with Crippen LogP contribution in [0, 0.1) is 0 Å². The Kier molecular flexibility index (Phi) is 3.07. The first kappa shape index (κ1) is 9.79. The highest BCUT2D eigenvalue weighted by Crippen LogP contribution is 2.12. The molecular weight excluding hydrogens is 176 g/mol. The van der Waals surface area contributed by atoms with Crippen molar-refractivity contribution < 1.29 is 19.1 Å². The molecule has 0 aliphatic carbocycles. The summed E-state index contributed by atoms with van der Waals surface area (Å²) in [6.07, 6.45) is -0.467. The van der Waals surface area contributed by atoms with E-state index in [1.165, 1.54) is 12.0 Å². The van der Waals surface area contributed by atoms with Crippen molar-refractivity contribution in [1.29, 1.82) is 0 Å². The van der Waals surface area contributed by atoms with Crippen molar-refractivity contribution in [2.75, 3.05) is 26.8 Å². The molecule has 0 radical (unpaired) electrons. The molecule has 2 amide bonds. The van der Waals surface area contributed by atoms with Crippen LogP contribution in [-0.4, -0.2) is 49.8 Å². The van der Waals surface area contributed by atoms with E-state index < -0.39 is 5.91 Å². The lowest BCUT2D eigenvalue weighted by atomic mass is 10.2. The van der Waals surface area contributed by atoms with E-state index in [0.717, 1.165) is 0 Å². The molecule has 1 heterocycles. The topological polar surface area (TPSA) is 81.9 Å². The van der Waals surface area contributed by atoms with Gasteiger partial charge in [-0.25, -0.2) is 4.79 Å². The average Bonchev–Trinajstić information content (AvgIpc) is 2.00. The van der Waals surface area contributed by atoms with E-state index in [1.807, 2.05) is 0 Å². The fourth-order valence-electron chi connectivity index (χ4n) is 1.02. The summed E-state index contributed by atoms with van der Waals surface area (Å²) < 4.78 is 9.51. The van der Waals surface area contributed by atoms with E-state index in [1.54, 1.807) is 0 Å². The number of likely N-dealkylation sites (tertiary alicyclic amines) is 1. The van der Waals surface area contributed by atoms with Crippen LogP contribution in [0.15, 0.2) is 0 Å². The molecule has 0 spiro atoms. The normalized spacial score (nSPS) is 16.5. The summed E-state index contributed by atoms with van der Waals surface area (Å²) in [4.78, 5) is 22.6. The zero-order valence-corrected chi connectivity index (χ0v) is 7.36. The van der Waals surface area contributed by atoms with Crippen LogP contribution in [0.25, 0.3) is 0 Å². The maximum Gasteiger partial charge on any atom is 0.409 e. The third-order valence-electron chi connectivity index (χ3n) is 1.74. The third kappa shape index (κ3) is 2.59. The Morgan fingerprint density at radius 1 is 1.54 bits per heavy atom. The van der Waals surface area contributed by atoms with Gasteiger partial charge >= 0.3 is 6.09 Å². The molecule has 6 nitrogen and oxygen atoms in total. The van der Waals surface area contributed by atoms with Gasteiger partial charge in [-0.3, -0.25) is 4.79 Å². The van der Waals surface area contributed by atoms with E-state index in [4.69, 9.17) is 10.5 Å². The molecule has 0 saturated carbocycles. The molecule has 0 aromatic carbocycles. The Hall–Kier alpha value is -1.30. The number of primary amides is 1. The number of methoxy groups -OCH3 is 1. The van der Waals surface area contributed by atoms with Crippen LogP contribution in [0.5, 0.6) is 0 Å². The lowest BCUT2D eigenvalue weighted by Gasteiger charge is -2.37. The van der Waals surface area contributed by atoms with Gasteiger partial charge in [0.1, 0.15) is 6.61 Å². The molecule has 1 aliphatic heterocycles. The average molecular weight is 188 g/mol. The monoisotopic (exact) mass is 188 g/mol. The largest absolute Gasteiger partial charge is 0.453 e. The summed E-state index contributed by atoms with van der Waals surface area (Å²) in [6.45, 7) is 0.819. The quantitative estimate of drug-likeness (QED) is 0.612. The molecule has 2 N–H and O–H groups in total. The minimum Gasteiger partial charge on any atom is -0.453 e. The van der Waals surface area contributed by atoms with Crippen molar-refractivity contribution in [3.8, 4) is 0 Å². The second-order valence-corrected chi connectivity index (χ2v) is 2.77. The summed E-state index contributed by atoms with van der Waals surface area (Å²) in [7, 11) is 1.32. The minimum absolute atomic E-state index is 0.0911. The van der Waals surface area contributed by atoms with Gasteiger partial charge in [-0.05, 0) is 0 Å². The number of hydrogen-bond donors (Lipinski definition) is 1. The van der Waals surface area contributed by atoms with Crippen LogP contribution < -0.4 is 5.73 Å². The SMILES string of the molecule is COC(=O)N1CC(OCC(N)=O)C1. The van der Waals surface area contributed by atoms with E-state index >= 15 is 0 Å². The Morgan fingerprint density at radius 2 is 2.15 bits per heavy atom. The standard InChI is InChI=1S/C7H12N2O4/c1-12-7(11)9-2-5(3-9)13-4-6(8)10/h5H,2-4H2,1H3,(H2,8,10). The summed E-state index contributed by atoms with van der Waals surface area (Å²) >= 11 is 0. The van der Waals surface area contributed by atoms with Gasteiger partial charge in [0.25, 0.3) is 0 Å². The van der Waals surface area contributed by atoms with Gasteiger partial charge in [0.05, 0.1) is 26.3 Å². The number of carbonyl (C=O) groups is 2. The van der Waals surface area contributed by atoms with E-state index in [9.17, 15) is 9.59 Å². The zero-order chi connectivity index (χ0) is 9.84. The maximum absolute atomic E-state index is 10.8. The van der Waals surface area contributed by atoms with Crippen molar-refractivity contribution in [3.05, 3.63) is 0 Å². The highest BCUT2D eigenvalue weighted by molar-refractivity contribution is 5.75. The van der Waals surface area contributed by atoms with Gasteiger partial charge in [-0.1, -0.05) is 0 Å². The maximum atomic E-state index is 10.8. The van der Waals surface area contributed by atoms with Crippen LogP contribution in [0.4, 0.5) is 4.79 Å². The Balaban J connectivity index is 2.11. The van der Waals surface area contributed by atoms with Gasteiger partial charge in [0.2, 0.25) is 5.91 Å². The first-order valence-electron chi connectivity index (χ1n) is 3.86. The zero-order valence-electron chi connectivity index (χ0n) is 7.36. The lowest BCUT2D eigenvalue weighted by Crippen LogP contribution is -2.55. The molecule has 0 bridgehead atoms. The number of nitrogens with zero attached hydrogens (tertiary/aromatic N) is 1. The molecule has 0 aromatic heterocycles. The predicted octanol–water partition coefficient (Wildman–Crippen LogP) is -1.06. The van der Waals surface area contributed by atoms with Crippen molar-refractivity contribution in [3.63, 3.8) is 0 Å². The van der Waals surface area contributed by atoms with Crippen LogP contribution >= 0.6 is 0 Å². The second kappa shape index (κ2) is 4.08. The van der Waals surface area contributed by atoms with Crippen LogP contribution in [0.1, 0.15) is 0 Å². The fraction of sp³-hybridized carbons (Fsp3) is 0.714. The summed E-state index contributed by atoms with van der Waals surface area (Å²) in [5.74, 6) is -0.503. The molecule has 0 aromatic rings. The van der Waals surface area contributed by atoms with Crippen molar-refractivity contribution in [2.24, 2.45) is 5.73 Å². The van der Waals surface area contributed by atoms with E-state index in [2.05, 4.69) is 4.74 Å². The molecule has 6 heteroatoms. The van der Waals surface area contributed by atoms with Crippen molar-refractivity contribution >= 4 is 12.0 Å². The van der Waals surface area contributed by atoms with E-state index in [-0.39, 0.29) is 18.8 Å². The first-order valence-corrected chi connectivity index (χ1v) is 3.86. The Morgan fingerprint density at radius 3 is 2.62 bits per heavy atom. The smallest absolute Gasteiger partial charge is 0.409 e. The highest BCUT2D eigenvalue weighted by atomic mass is 16.5. The molecule has 13 heavy (non-hydrogen) atoms. The number of rotatable bonds is 3. The summed E-state index contributed by atoms with van der Waals surface area (Å²) in [6, 6.07) is 0. The number of carbonyl (C=O) groups excluding carboxylic acids is 2. The molecule has 1 rings (SSSR count). The highest BCUT2D eigenvalue weighted by Gasteiger charge is 2.32. The molecule has 74 valence electrons. The van der Waals surface area contributed by atoms with Crippen molar-refractivity contribution in [2.45, 2.75) is 6.10 Å². The molecule has 0 unspecified atom stereocenters. The number of hydrogen-bond acceptors (Lipinski definition) is 4. The lowest BCUT2D eigenvalue weighted by molar-refractivity contribution is -0.128. The third-order valence-corrected chi connectivity index (χ3v) is 1.74. The minimum atomic E-state index is -0.503. The van der Waals surface area contributed by atoms with Gasteiger partial charge in [-0.15, -0.1) is 0 Å². The van der Waals surface area contributed by atoms with Crippen molar-refractivity contribution in [1.82, 2.24) is 4.90 Å². The second-order valence-electron chi connectivity index (χ2n) is 2.77. The van der Waals surface area contributed by atoms with Gasteiger partial charge in [-0.2, -0.15) is 0 Å². The van der Waals surface area contributed by atoms with Crippen LogP contribution in [0.3, 0.4) is 0 Å². The Bertz CT molecular complexity index is 213. The summed E-state index contributed by atoms with van der Waals surface area (Å²) in [5, 5.41) is 0. The molecule has 0 atom stereocenters. The number of nitrogens with two attached hydrogens (primary N) is 1. The number of amides is 2. The molecule has 1 saturated heterocycles. The predicted molar refractivity (Wildman–Crippen MR) is 42.9 cm³/mol. The van der Waals surface area contributed by atoms with Gasteiger partial charge in [0, 0.05) is 0 Å². The van der Waals surface area contributed by atoms with E-state index in [0.29, 0.717) is 13.1 Å². The van der Waals surface area contributed by atoms with Crippen LogP contribution in [0.2, 0.25) is 0 Å². The number of ether oxygens (including phenoxy) is 2. The Labute approximate surface area is 75.6 Å². The van der Waals surface area contributed by atoms with Crippen LogP contribution in [-0.2, 0) is 14.3 Å². The molecule has 1 aliphatic rings. The summed E-state index contributed by atoms with van der Waals surface area (Å²) in [5.41, 5.74) is 4.87. The van der Waals surface area contributed by atoms with Gasteiger partial charge in [0.15, 0.2) is 0 Å². The fourth-order valence-corrected chi connectivity index (χ4v) is 1.02. The first-order chi connectivity index (χ1) is 6.13. The van der Waals surface area contributed by atoms with Gasteiger partial charge < -0.3 is 20.1 Å². The molecular formula is C7H12N2O4.